The van der Waals surface area contributed by atoms with Crippen molar-refractivity contribution in [2.24, 2.45) is 5.41 Å². The number of ether oxygens (including phenoxy) is 1. The monoisotopic (exact) mass is 312 g/mol. The summed E-state index contributed by atoms with van der Waals surface area (Å²) >= 11 is 1.99. The standard InChI is InChI=1S/C20H24OS/c1-19(2)15-21-20(22-16-19,13-17-9-5-3-6-10-17)14-18-11-7-4-8-12-18/h3-12H,13-16H2,1-2H3. The van der Waals surface area contributed by atoms with Gasteiger partial charge in [0, 0.05) is 18.6 Å². The molecule has 2 aromatic rings. The molecule has 1 saturated heterocycles. The molecule has 0 aromatic heterocycles. The van der Waals surface area contributed by atoms with Crippen molar-refractivity contribution in [2.45, 2.75) is 31.6 Å². The minimum Gasteiger partial charge on any atom is -0.363 e. The molecule has 0 spiro atoms. The van der Waals surface area contributed by atoms with Crippen LogP contribution in [-0.2, 0) is 17.6 Å². The SMILES string of the molecule is CC1(C)COC(Cc2ccccc2)(Cc2ccccc2)SC1. The zero-order valence-corrected chi connectivity index (χ0v) is 14.2. The number of hydrogen-bond donors (Lipinski definition) is 0. The summed E-state index contributed by atoms with van der Waals surface area (Å²) in [6, 6.07) is 21.4. The predicted molar refractivity (Wildman–Crippen MR) is 95.2 cm³/mol. The quantitative estimate of drug-likeness (QED) is 0.789. The lowest BCUT2D eigenvalue weighted by atomic mass is 9.96. The molecule has 1 aliphatic rings. The molecule has 0 amide bonds. The fourth-order valence-electron chi connectivity index (χ4n) is 2.82. The summed E-state index contributed by atoms with van der Waals surface area (Å²) in [7, 11) is 0. The number of benzene rings is 2. The Hall–Kier alpha value is -1.25. The van der Waals surface area contributed by atoms with Crippen LogP contribution in [0.3, 0.4) is 0 Å². The van der Waals surface area contributed by atoms with Crippen LogP contribution in [0.4, 0.5) is 0 Å². The molecule has 116 valence electrons. The van der Waals surface area contributed by atoms with Crippen LogP contribution < -0.4 is 0 Å². The van der Waals surface area contributed by atoms with Crippen LogP contribution in [0.25, 0.3) is 0 Å². The smallest absolute Gasteiger partial charge is 0.121 e. The minimum atomic E-state index is -0.141. The molecule has 1 fully saturated rings. The third-order valence-corrected chi connectivity index (χ3v) is 5.94. The third-order valence-electron chi connectivity index (χ3n) is 4.08. The van der Waals surface area contributed by atoms with Crippen molar-refractivity contribution < 1.29 is 4.74 Å². The lowest BCUT2D eigenvalue weighted by Crippen LogP contribution is -2.44. The average Bonchev–Trinajstić information content (AvgIpc) is 2.53. The van der Waals surface area contributed by atoms with E-state index in [9.17, 15) is 0 Å². The summed E-state index contributed by atoms with van der Waals surface area (Å²) in [6.45, 7) is 5.41. The largest absolute Gasteiger partial charge is 0.363 e. The molecule has 1 heterocycles. The fourth-order valence-corrected chi connectivity index (χ4v) is 4.23. The Labute approximate surface area is 138 Å². The van der Waals surface area contributed by atoms with Crippen LogP contribution in [0, 0.1) is 5.41 Å². The van der Waals surface area contributed by atoms with Crippen LogP contribution >= 0.6 is 11.8 Å². The van der Waals surface area contributed by atoms with Crippen molar-refractivity contribution in [2.75, 3.05) is 12.4 Å². The highest BCUT2D eigenvalue weighted by atomic mass is 32.2. The average molecular weight is 312 g/mol. The van der Waals surface area contributed by atoms with Gasteiger partial charge in [0.05, 0.1) is 6.61 Å². The third kappa shape index (κ3) is 3.93. The van der Waals surface area contributed by atoms with Crippen LogP contribution in [0.2, 0.25) is 0 Å². The highest BCUT2D eigenvalue weighted by molar-refractivity contribution is 8.00. The van der Waals surface area contributed by atoms with Crippen LogP contribution in [0.5, 0.6) is 0 Å². The van der Waals surface area contributed by atoms with Crippen molar-refractivity contribution >= 4 is 11.8 Å². The Kier molecular flexibility index (Phi) is 4.60. The first-order chi connectivity index (χ1) is 10.6. The zero-order valence-electron chi connectivity index (χ0n) is 13.4. The molecule has 0 unspecified atom stereocenters. The first-order valence-corrected chi connectivity index (χ1v) is 8.91. The summed E-state index contributed by atoms with van der Waals surface area (Å²) in [4.78, 5) is -0.141. The summed E-state index contributed by atoms with van der Waals surface area (Å²) in [6.07, 6.45) is 1.92. The maximum Gasteiger partial charge on any atom is 0.121 e. The first-order valence-electron chi connectivity index (χ1n) is 7.93. The second-order valence-electron chi connectivity index (χ2n) is 6.98. The molecule has 3 rings (SSSR count). The number of hydrogen-bond acceptors (Lipinski definition) is 2. The van der Waals surface area contributed by atoms with Crippen molar-refractivity contribution in [3.8, 4) is 0 Å². The van der Waals surface area contributed by atoms with Crippen LogP contribution in [0.1, 0.15) is 25.0 Å². The van der Waals surface area contributed by atoms with Crippen molar-refractivity contribution in [3.05, 3.63) is 71.8 Å². The van der Waals surface area contributed by atoms with Gasteiger partial charge in [-0.05, 0) is 16.5 Å². The lowest BCUT2D eigenvalue weighted by Gasteiger charge is -2.43. The molecule has 1 aliphatic heterocycles. The Balaban J connectivity index is 1.82. The summed E-state index contributed by atoms with van der Waals surface area (Å²) < 4.78 is 6.45. The van der Waals surface area contributed by atoms with E-state index in [4.69, 9.17) is 4.74 Å². The molecular formula is C20H24OS. The Morgan fingerprint density at radius 1 is 0.864 bits per heavy atom. The van der Waals surface area contributed by atoms with Gasteiger partial charge in [-0.15, -0.1) is 11.8 Å². The number of rotatable bonds is 4. The highest BCUT2D eigenvalue weighted by Crippen LogP contribution is 2.43. The molecule has 2 aromatic carbocycles. The van der Waals surface area contributed by atoms with E-state index in [-0.39, 0.29) is 10.3 Å². The van der Waals surface area contributed by atoms with E-state index >= 15 is 0 Å². The summed E-state index contributed by atoms with van der Waals surface area (Å²) in [5.41, 5.74) is 2.97. The first kappa shape index (κ1) is 15.6. The molecule has 0 atom stereocenters. The molecule has 0 aliphatic carbocycles. The summed E-state index contributed by atoms with van der Waals surface area (Å²) in [5, 5.41) is 0. The maximum absolute atomic E-state index is 6.45. The second-order valence-corrected chi connectivity index (χ2v) is 8.30. The van der Waals surface area contributed by atoms with Gasteiger partial charge in [0.15, 0.2) is 0 Å². The summed E-state index contributed by atoms with van der Waals surface area (Å²) in [5.74, 6) is 1.15. The van der Waals surface area contributed by atoms with Crippen molar-refractivity contribution in [1.82, 2.24) is 0 Å². The molecule has 0 saturated carbocycles. The van der Waals surface area contributed by atoms with Gasteiger partial charge in [0.25, 0.3) is 0 Å². The van der Waals surface area contributed by atoms with Gasteiger partial charge in [-0.2, -0.15) is 0 Å². The van der Waals surface area contributed by atoms with Gasteiger partial charge >= 0.3 is 0 Å². The topological polar surface area (TPSA) is 9.23 Å². The predicted octanol–water partition coefficient (Wildman–Crippen LogP) is 4.96. The normalized spacial score (nSPS) is 19.7. The Bertz CT molecular complexity index is 538. The van der Waals surface area contributed by atoms with Crippen LogP contribution in [0.15, 0.2) is 60.7 Å². The second kappa shape index (κ2) is 6.47. The van der Waals surface area contributed by atoms with Gasteiger partial charge in [-0.1, -0.05) is 74.5 Å². The van der Waals surface area contributed by atoms with E-state index < -0.39 is 0 Å². The van der Waals surface area contributed by atoms with Gasteiger partial charge in [0.1, 0.15) is 4.93 Å². The van der Waals surface area contributed by atoms with E-state index in [1.54, 1.807) is 0 Å². The molecule has 0 radical (unpaired) electrons. The van der Waals surface area contributed by atoms with Gasteiger partial charge in [-0.25, -0.2) is 0 Å². The zero-order chi connectivity index (χ0) is 15.5. The van der Waals surface area contributed by atoms with E-state index in [1.807, 2.05) is 11.8 Å². The lowest BCUT2D eigenvalue weighted by molar-refractivity contribution is -0.0237. The molecule has 22 heavy (non-hydrogen) atoms. The molecule has 0 bridgehead atoms. The number of thioether (sulfide) groups is 1. The Morgan fingerprint density at radius 2 is 1.36 bits per heavy atom. The highest BCUT2D eigenvalue weighted by Gasteiger charge is 2.40. The van der Waals surface area contributed by atoms with Crippen molar-refractivity contribution in [1.29, 1.82) is 0 Å². The van der Waals surface area contributed by atoms with Crippen LogP contribution in [-0.4, -0.2) is 17.3 Å². The molecule has 0 N–H and O–H groups in total. The van der Waals surface area contributed by atoms with Gasteiger partial charge in [-0.3, -0.25) is 0 Å². The Morgan fingerprint density at radius 3 is 1.77 bits per heavy atom. The van der Waals surface area contributed by atoms with E-state index in [2.05, 4.69) is 74.5 Å². The molecular weight excluding hydrogens is 288 g/mol. The van der Waals surface area contributed by atoms with E-state index in [0.29, 0.717) is 0 Å². The molecule has 2 heteroatoms. The molecule has 1 nitrogen and oxygen atoms in total. The van der Waals surface area contributed by atoms with E-state index in [0.717, 1.165) is 25.2 Å². The van der Waals surface area contributed by atoms with Gasteiger partial charge in [0.2, 0.25) is 0 Å². The van der Waals surface area contributed by atoms with Gasteiger partial charge < -0.3 is 4.74 Å². The maximum atomic E-state index is 6.45. The fraction of sp³-hybridized carbons (Fsp3) is 0.400. The van der Waals surface area contributed by atoms with E-state index in [1.165, 1.54) is 11.1 Å². The van der Waals surface area contributed by atoms with Crippen molar-refractivity contribution in [3.63, 3.8) is 0 Å². The minimum absolute atomic E-state index is 0.141.